The van der Waals surface area contributed by atoms with Crippen LogP contribution in [0.15, 0.2) is 24.3 Å². The maximum atomic E-state index is 12.0. The van der Waals surface area contributed by atoms with Gasteiger partial charge in [-0.2, -0.15) is 0 Å². The molecule has 0 bridgehead atoms. The molecule has 0 unspecified atom stereocenters. The molecule has 1 amide bonds. The minimum Gasteiger partial charge on any atom is -0.484 e. The number of hydrogen-bond donors (Lipinski definition) is 1. The number of nitro benzene ring substituents is 1. The van der Waals surface area contributed by atoms with Gasteiger partial charge in [0, 0.05) is 25.2 Å². The molecular weight excluding hydrogens is 276 g/mol. The molecule has 114 valence electrons. The molecular formula is C14H18N2O5. The van der Waals surface area contributed by atoms with Gasteiger partial charge in [-0.25, -0.2) is 0 Å². The number of amides is 1. The van der Waals surface area contributed by atoms with Gasteiger partial charge in [0.25, 0.3) is 11.6 Å². The molecule has 0 aliphatic carbocycles. The van der Waals surface area contributed by atoms with Crippen LogP contribution in [0.4, 0.5) is 5.69 Å². The van der Waals surface area contributed by atoms with Gasteiger partial charge >= 0.3 is 0 Å². The van der Waals surface area contributed by atoms with Gasteiger partial charge in [0.15, 0.2) is 6.61 Å². The Balaban J connectivity index is 1.82. The number of ether oxygens (including phenoxy) is 1. The summed E-state index contributed by atoms with van der Waals surface area (Å²) in [6.07, 6.45) is 1.10. The van der Waals surface area contributed by atoms with Crippen LogP contribution >= 0.6 is 0 Å². The van der Waals surface area contributed by atoms with Gasteiger partial charge in [-0.15, -0.1) is 0 Å². The first-order valence-electron chi connectivity index (χ1n) is 6.75. The van der Waals surface area contributed by atoms with E-state index < -0.39 is 10.5 Å². The molecule has 1 aliphatic heterocycles. The van der Waals surface area contributed by atoms with Gasteiger partial charge < -0.3 is 14.7 Å². The van der Waals surface area contributed by atoms with Crippen LogP contribution in [0.5, 0.6) is 5.75 Å². The number of piperidine rings is 1. The van der Waals surface area contributed by atoms with Gasteiger partial charge in [0.2, 0.25) is 0 Å². The van der Waals surface area contributed by atoms with Gasteiger partial charge in [-0.1, -0.05) is 0 Å². The maximum absolute atomic E-state index is 12.0. The standard InChI is InChI=1S/C14H18N2O5/c1-14(18)6-8-15(9-7-14)13(17)10-21-12-4-2-11(3-5-12)16(19)20/h2-5,18H,6-10H2,1H3. The van der Waals surface area contributed by atoms with Gasteiger partial charge in [-0.05, 0) is 31.9 Å². The molecule has 1 aliphatic rings. The highest BCUT2D eigenvalue weighted by molar-refractivity contribution is 5.77. The predicted molar refractivity (Wildman–Crippen MR) is 75.0 cm³/mol. The first-order chi connectivity index (χ1) is 9.87. The summed E-state index contributed by atoms with van der Waals surface area (Å²) >= 11 is 0. The molecule has 21 heavy (non-hydrogen) atoms. The first-order valence-corrected chi connectivity index (χ1v) is 6.75. The summed E-state index contributed by atoms with van der Waals surface area (Å²) in [5.74, 6) is 0.266. The van der Waals surface area contributed by atoms with Crippen LogP contribution in [0.3, 0.4) is 0 Å². The van der Waals surface area contributed by atoms with E-state index in [2.05, 4.69) is 0 Å². The summed E-state index contributed by atoms with van der Waals surface area (Å²) in [7, 11) is 0. The number of carbonyl (C=O) groups is 1. The number of nitro groups is 1. The number of nitrogens with zero attached hydrogens (tertiary/aromatic N) is 2. The van der Waals surface area contributed by atoms with Crippen molar-refractivity contribution in [1.29, 1.82) is 0 Å². The fraction of sp³-hybridized carbons (Fsp3) is 0.500. The van der Waals surface area contributed by atoms with E-state index in [4.69, 9.17) is 4.74 Å². The largest absolute Gasteiger partial charge is 0.484 e. The number of rotatable bonds is 4. The first kappa shape index (κ1) is 15.2. The van der Waals surface area contributed by atoms with Crippen LogP contribution in [0.2, 0.25) is 0 Å². The van der Waals surface area contributed by atoms with Crippen LogP contribution in [-0.2, 0) is 4.79 Å². The van der Waals surface area contributed by atoms with Gasteiger partial charge in [0.1, 0.15) is 5.75 Å². The van der Waals surface area contributed by atoms with E-state index in [1.54, 1.807) is 11.8 Å². The van der Waals surface area contributed by atoms with Crippen LogP contribution in [0.1, 0.15) is 19.8 Å². The predicted octanol–water partition coefficient (Wildman–Crippen LogP) is 1.35. The van der Waals surface area contributed by atoms with Crippen LogP contribution in [0.25, 0.3) is 0 Å². The quantitative estimate of drug-likeness (QED) is 0.668. The lowest BCUT2D eigenvalue weighted by molar-refractivity contribution is -0.384. The van der Waals surface area contributed by atoms with Gasteiger partial charge in [-0.3, -0.25) is 14.9 Å². The molecule has 0 saturated carbocycles. The topological polar surface area (TPSA) is 92.9 Å². The van der Waals surface area contributed by atoms with Crippen LogP contribution < -0.4 is 4.74 Å². The SMILES string of the molecule is CC1(O)CCN(C(=O)COc2ccc([N+](=O)[O-])cc2)CC1. The minimum absolute atomic E-state index is 0.0214. The molecule has 1 aromatic carbocycles. The Morgan fingerprint density at radius 3 is 2.48 bits per heavy atom. The van der Waals surface area contributed by atoms with Crippen molar-refractivity contribution in [2.45, 2.75) is 25.4 Å². The smallest absolute Gasteiger partial charge is 0.269 e. The Kier molecular flexibility index (Phi) is 4.42. The van der Waals surface area contributed by atoms with Crippen molar-refractivity contribution in [1.82, 2.24) is 4.90 Å². The lowest BCUT2D eigenvalue weighted by atomic mass is 9.94. The Morgan fingerprint density at radius 2 is 1.95 bits per heavy atom. The molecule has 0 aromatic heterocycles. The van der Waals surface area contributed by atoms with Crippen LogP contribution in [-0.4, -0.2) is 46.1 Å². The number of non-ortho nitro benzene ring substituents is 1. The summed E-state index contributed by atoms with van der Waals surface area (Å²) in [4.78, 5) is 23.7. The third kappa shape index (κ3) is 4.16. The van der Waals surface area contributed by atoms with Crippen molar-refractivity contribution in [2.75, 3.05) is 19.7 Å². The number of carbonyl (C=O) groups excluding carboxylic acids is 1. The zero-order chi connectivity index (χ0) is 15.5. The second kappa shape index (κ2) is 6.09. The minimum atomic E-state index is -0.698. The number of likely N-dealkylation sites (tertiary alicyclic amines) is 1. The van der Waals surface area contributed by atoms with Crippen molar-refractivity contribution in [3.05, 3.63) is 34.4 Å². The fourth-order valence-corrected chi connectivity index (χ4v) is 2.14. The molecule has 1 saturated heterocycles. The normalized spacial score (nSPS) is 17.3. The summed E-state index contributed by atoms with van der Waals surface area (Å²) in [5.41, 5.74) is -0.720. The average molecular weight is 294 g/mol. The zero-order valence-corrected chi connectivity index (χ0v) is 11.8. The Bertz CT molecular complexity index is 517. The lowest BCUT2D eigenvalue weighted by Crippen LogP contribution is -2.46. The van der Waals surface area contributed by atoms with E-state index in [1.165, 1.54) is 24.3 Å². The molecule has 1 N–H and O–H groups in total. The summed E-state index contributed by atoms with van der Waals surface area (Å²) in [6, 6.07) is 5.59. The van der Waals surface area contributed by atoms with E-state index in [9.17, 15) is 20.0 Å². The lowest BCUT2D eigenvalue weighted by Gasteiger charge is -2.35. The molecule has 1 heterocycles. The highest BCUT2D eigenvalue weighted by Gasteiger charge is 2.29. The Labute approximate surface area is 122 Å². The summed E-state index contributed by atoms with van der Waals surface area (Å²) in [6.45, 7) is 2.67. The fourth-order valence-electron chi connectivity index (χ4n) is 2.14. The van der Waals surface area contributed by atoms with E-state index in [0.29, 0.717) is 31.7 Å². The number of hydrogen-bond acceptors (Lipinski definition) is 5. The molecule has 1 aromatic rings. The second-order valence-electron chi connectivity index (χ2n) is 5.42. The monoisotopic (exact) mass is 294 g/mol. The number of benzene rings is 1. The Hall–Kier alpha value is -2.15. The van der Waals surface area contributed by atoms with E-state index in [0.717, 1.165) is 0 Å². The maximum Gasteiger partial charge on any atom is 0.269 e. The third-order valence-electron chi connectivity index (χ3n) is 3.60. The van der Waals surface area contributed by atoms with Gasteiger partial charge in [0.05, 0.1) is 10.5 Å². The van der Waals surface area contributed by atoms with Crippen molar-refractivity contribution in [2.24, 2.45) is 0 Å². The molecule has 7 nitrogen and oxygen atoms in total. The zero-order valence-electron chi connectivity index (χ0n) is 11.8. The molecule has 0 atom stereocenters. The van der Waals surface area contributed by atoms with E-state index in [-0.39, 0.29) is 18.2 Å². The van der Waals surface area contributed by atoms with Crippen molar-refractivity contribution < 1.29 is 19.6 Å². The molecule has 0 spiro atoms. The number of aliphatic hydroxyl groups is 1. The molecule has 1 fully saturated rings. The second-order valence-corrected chi connectivity index (χ2v) is 5.42. The third-order valence-corrected chi connectivity index (χ3v) is 3.60. The molecule has 0 radical (unpaired) electrons. The molecule has 7 heteroatoms. The van der Waals surface area contributed by atoms with Crippen LogP contribution in [0, 0.1) is 10.1 Å². The highest BCUT2D eigenvalue weighted by atomic mass is 16.6. The Morgan fingerprint density at radius 1 is 1.38 bits per heavy atom. The molecule has 2 rings (SSSR count). The van der Waals surface area contributed by atoms with Crippen molar-refractivity contribution >= 4 is 11.6 Å². The average Bonchev–Trinajstić information content (AvgIpc) is 2.45. The summed E-state index contributed by atoms with van der Waals surface area (Å²) in [5, 5.41) is 20.3. The van der Waals surface area contributed by atoms with Crippen molar-refractivity contribution in [3.63, 3.8) is 0 Å². The van der Waals surface area contributed by atoms with Crippen molar-refractivity contribution in [3.8, 4) is 5.75 Å². The highest BCUT2D eigenvalue weighted by Crippen LogP contribution is 2.21. The summed E-state index contributed by atoms with van der Waals surface area (Å²) < 4.78 is 5.33. The van der Waals surface area contributed by atoms with E-state index >= 15 is 0 Å². The van der Waals surface area contributed by atoms with E-state index in [1.807, 2.05) is 0 Å².